The number of ether oxygens (including phenoxy) is 1. The molecule has 0 spiro atoms. The summed E-state index contributed by atoms with van der Waals surface area (Å²) in [6.07, 6.45) is 10.8. The number of anilines is 3. The van der Waals surface area contributed by atoms with Crippen LogP contribution in [0, 0.1) is 0 Å². The average Bonchev–Trinajstić information content (AvgIpc) is 3.31. The summed E-state index contributed by atoms with van der Waals surface area (Å²) in [5.74, 6) is 1.88. The fourth-order valence-electron chi connectivity index (χ4n) is 3.19. The molecule has 1 saturated carbocycles. The van der Waals surface area contributed by atoms with Gasteiger partial charge >= 0.3 is 6.03 Å². The first-order chi connectivity index (χ1) is 15.6. The van der Waals surface area contributed by atoms with Gasteiger partial charge in [0.2, 0.25) is 5.88 Å². The van der Waals surface area contributed by atoms with Crippen LogP contribution in [0.4, 0.5) is 22.1 Å². The minimum absolute atomic E-state index is 0.255. The van der Waals surface area contributed by atoms with Gasteiger partial charge in [-0.05, 0) is 38.2 Å². The van der Waals surface area contributed by atoms with Crippen molar-refractivity contribution in [2.45, 2.75) is 38.2 Å². The van der Waals surface area contributed by atoms with Crippen molar-refractivity contribution in [3.63, 3.8) is 0 Å². The molecule has 4 rings (SSSR count). The van der Waals surface area contributed by atoms with E-state index >= 15 is 0 Å². The molecule has 4 N–H and O–H groups in total. The van der Waals surface area contributed by atoms with Crippen molar-refractivity contribution in [1.29, 1.82) is 0 Å². The molecule has 0 unspecified atom stereocenters. The summed E-state index contributed by atoms with van der Waals surface area (Å²) >= 11 is 0. The third-order valence-corrected chi connectivity index (χ3v) is 5.15. The number of rotatable bonds is 6. The fourth-order valence-corrected chi connectivity index (χ4v) is 3.19. The van der Waals surface area contributed by atoms with Gasteiger partial charge in [-0.3, -0.25) is 0 Å². The van der Waals surface area contributed by atoms with Gasteiger partial charge in [0.05, 0.1) is 23.7 Å². The van der Waals surface area contributed by atoms with Crippen LogP contribution < -0.4 is 26.0 Å². The number of hydrogen-bond acceptors (Lipinski definition) is 9. The van der Waals surface area contributed by atoms with Crippen LogP contribution in [0.2, 0.25) is 0 Å². The van der Waals surface area contributed by atoms with Gasteiger partial charge in [-0.1, -0.05) is 5.16 Å². The van der Waals surface area contributed by atoms with Crippen molar-refractivity contribution < 1.29 is 14.4 Å². The average molecular weight is 443 g/mol. The molecule has 1 saturated heterocycles. The number of pyridine rings is 1. The highest BCUT2D eigenvalue weighted by molar-refractivity contribution is 5.91. The van der Waals surface area contributed by atoms with E-state index in [1.807, 2.05) is 0 Å². The normalized spacial score (nSPS) is 15.5. The molecule has 32 heavy (non-hydrogen) atoms. The van der Waals surface area contributed by atoms with Gasteiger partial charge in [-0.2, -0.15) is 0 Å². The van der Waals surface area contributed by atoms with E-state index in [1.165, 1.54) is 32.7 Å². The number of carbonyl (C=O) groups is 1. The molecular weight excluding hydrogens is 412 g/mol. The molecule has 0 bridgehead atoms. The molecule has 2 amide bonds. The highest BCUT2D eigenvalue weighted by atomic mass is 16.6. The van der Waals surface area contributed by atoms with Crippen LogP contribution in [0.25, 0.3) is 0 Å². The Labute approximate surface area is 187 Å². The van der Waals surface area contributed by atoms with E-state index in [0.29, 0.717) is 23.5 Å². The molecular formula is C21H30N8O3. The lowest BCUT2D eigenvalue weighted by Gasteiger charge is -2.25. The van der Waals surface area contributed by atoms with Crippen molar-refractivity contribution in [1.82, 2.24) is 20.3 Å². The quantitative estimate of drug-likeness (QED) is 0.458. The number of nitrogen functional groups attached to an aromatic ring is 1. The fraction of sp³-hybridized carbons (Fsp3) is 0.476. The van der Waals surface area contributed by atoms with E-state index in [0.717, 1.165) is 37.3 Å². The molecule has 0 atom stereocenters. The Bertz CT molecular complexity index is 896. The Kier molecular flexibility index (Phi) is 8.41. The second kappa shape index (κ2) is 11.7. The van der Waals surface area contributed by atoms with E-state index < -0.39 is 0 Å². The molecule has 2 aromatic heterocycles. The first-order valence-corrected chi connectivity index (χ1v) is 10.6. The molecule has 11 nitrogen and oxygen atoms in total. The molecule has 11 heteroatoms. The molecule has 2 fully saturated rings. The van der Waals surface area contributed by atoms with Gasteiger partial charge in [0.25, 0.3) is 0 Å². The molecule has 2 aromatic rings. The maximum atomic E-state index is 11.0. The lowest BCUT2D eigenvalue weighted by Crippen LogP contribution is -2.25. The predicted octanol–water partition coefficient (Wildman–Crippen LogP) is 2.40. The second-order valence-electron chi connectivity index (χ2n) is 7.37. The molecule has 1 aliphatic heterocycles. The molecule has 3 heterocycles. The number of oxime groups is 1. The van der Waals surface area contributed by atoms with Crippen LogP contribution in [-0.2, 0) is 4.84 Å². The third kappa shape index (κ3) is 6.43. The van der Waals surface area contributed by atoms with Crippen LogP contribution in [0.5, 0.6) is 5.88 Å². The Hall–Kier alpha value is -3.63. The Morgan fingerprint density at radius 1 is 1.22 bits per heavy atom. The Morgan fingerprint density at radius 3 is 2.59 bits per heavy atom. The summed E-state index contributed by atoms with van der Waals surface area (Å²) in [5, 5.41) is 8.82. The molecule has 172 valence electrons. The zero-order chi connectivity index (χ0) is 22.8. The van der Waals surface area contributed by atoms with Gasteiger partial charge < -0.3 is 30.8 Å². The standard InChI is InChI=1S/C11H15N3O2.C10H15N5O/c1-12-11(15)14-8-5-6-10(13-7-8)16-9-3-2-4-9;1-16-14-6-8-9(11)12-7-13-10(8)15-4-2-3-5-15/h5-7,9H,2-4H2,1H3,(H2,12,14,15);6-7H,2-5H2,1H3,(H2,11,12,13)/b;14-6+. The monoisotopic (exact) mass is 442 g/mol. The van der Waals surface area contributed by atoms with E-state index in [-0.39, 0.29) is 6.03 Å². The third-order valence-electron chi connectivity index (χ3n) is 5.15. The van der Waals surface area contributed by atoms with Crippen molar-refractivity contribution in [3.8, 4) is 5.88 Å². The van der Waals surface area contributed by atoms with Crippen LogP contribution in [0.3, 0.4) is 0 Å². The van der Waals surface area contributed by atoms with Gasteiger partial charge in [0.1, 0.15) is 31.2 Å². The number of amides is 2. The van der Waals surface area contributed by atoms with E-state index in [1.54, 1.807) is 31.6 Å². The van der Waals surface area contributed by atoms with Gasteiger partial charge in [0, 0.05) is 26.2 Å². The smallest absolute Gasteiger partial charge is 0.319 e. The highest BCUT2D eigenvalue weighted by Gasteiger charge is 2.19. The van der Waals surface area contributed by atoms with Gasteiger partial charge in [-0.15, -0.1) is 0 Å². The molecule has 0 aromatic carbocycles. The van der Waals surface area contributed by atoms with Crippen molar-refractivity contribution in [3.05, 3.63) is 30.2 Å². The minimum atomic E-state index is -0.255. The number of nitrogens with two attached hydrogens (primary N) is 1. The second-order valence-corrected chi connectivity index (χ2v) is 7.37. The summed E-state index contributed by atoms with van der Waals surface area (Å²) in [7, 11) is 3.06. The number of nitrogens with zero attached hydrogens (tertiary/aromatic N) is 5. The maximum absolute atomic E-state index is 11.0. The Morgan fingerprint density at radius 2 is 2.00 bits per heavy atom. The number of carbonyl (C=O) groups excluding carboxylic acids is 1. The number of aromatic nitrogens is 3. The van der Waals surface area contributed by atoms with Crippen LogP contribution in [0.15, 0.2) is 29.8 Å². The molecule has 0 radical (unpaired) electrons. The van der Waals surface area contributed by atoms with Gasteiger partial charge in [0.15, 0.2) is 0 Å². The molecule has 1 aliphatic carbocycles. The zero-order valence-corrected chi connectivity index (χ0v) is 18.5. The topological polar surface area (TPSA) is 140 Å². The largest absolute Gasteiger partial charge is 0.474 e. The lowest BCUT2D eigenvalue weighted by atomic mass is 9.96. The van der Waals surface area contributed by atoms with Crippen LogP contribution in [0.1, 0.15) is 37.7 Å². The maximum Gasteiger partial charge on any atom is 0.319 e. The summed E-state index contributed by atoms with van der Waals surface area (Å²) in [4.78, 5) is 30.2. The van der Waals surface area contributed by atoms with Crippen LogP contribution in [-0.4, -0.2) is 60.5 Å². The summed E-state index contributed by atoms with van der Waals surface area (Å²) in [6.45, 7) is 2.01. The minimum Gasteiger partial charge on any atom is -0.474 e. The SMILES string of the molecule is CNC(=O)Nc1ccc(OC2CCC2)nc1.CO/N=C/c1c(N)ncnc1N1CCCC1. The van der Waals surface area contributed by atoms with Crippen LogP contribution >= 0.6 is 0 Å². The van der Waals surface area contributed by atoms with Crippen molar-refractivity contribution >= 4 is 29.6 Å². The predicted molar refractivity (Wildman–Crippen MR) is 123 cm³/mol. The summed E-state index contributed by atoms with van der Waals surface area (Å²) in [6, 6.07) is 3.29. The van der Waals surface area contributed by atoms with Gasteiger partial charge in [-0.25, -0.2) is 19.7 Å². The van der Waals surface area contributed by atoms with E-state index in [4.69, 9.17) is 10.5 Å². The number of urea groups is 1. The number of hydrogen-bond donors (Lipinski definition) is 3. The molecule has 2 aliphatic rings. The van der Waals surface area contributed by atoms with Crippen molar-refractivity contribution in [2.75, 3.05) is 43.2 Å². The first-order valence-electron chi connectivity index (χ1n) is 10.6. The Balaban J connectivity index is 0.000000181. The lowest BCUT2D eigenvalue weighted by molar-refractivity contribution is 0.114. The van der Waals surface area contributed by atoms with E-state index in [9.17, 15) is 4.79 Å². The highest BCUT2D eigenvalue weighted by Crippen LogP contribution is 2.24. The summed E-state index contributed by atoms with van der Waals surface area (Å²) < 4.78 is 5.60. The zero-order valence-electron chi connectivity index (χ0n) is 18.5. The van der Waals surface area contributed by atoms with E-state index in [2.05, 4.69) is 40.5 Å². The number of nitrogens with one attached hydrogen (secondary N) is 2. The first kappa shape index (κ1) is 23.0. The van der Waals surface area contributed by atoms with Crippen molar-refractivity contribution in [2.24, 2.45) is 5.16 Å². The summed E-state index contributed by atoms with van der Waals surface area (Å²) in [5.41, 5.74) is 7.19.